The van der Waals surface area contributed by atoms with Gasteiger partial charge in [-0.1, -0.05) is 36.2 Å². The lowest BCUT2D eigenvalue weighted by Gasteiger charge is -2.17. The molecule has 1 heterocycles. The molecule has 2 aromatic rings. The Morgan fingerprint density at radius 2 is 2.22 bits per heavy atom. The minimum atomic E-state index is -0.171. The van der Waals surface area contributed by atoms with Gasteiger partial charge in [0.1, 0.15) is 11.1 Å². The molecule has 0 unspecified atom stereocenters. The third-order valence-corrected chi connectivity index (χ3v) is 6.61. The first-order chi connectivity index (χ1) is 12.9. The molecule has 0 saturated heterocycles. The van der Waals surface area contributed by atoms with Crippen LogP contribution in [0.25, 0.3) is 0 Å². The van der Waals surface area contributed by atoms with Gasteiger partial charge in [-0.05, 0) is 55.4 Å². The van der Waals surface area contributed by atoms with Crippen LogP contribution < -0.4 is 10.6 Å². The molecule has 0 saturated carbocycles. The molecule has 1 aliphatic carbocycles. The van der Waals surface area contributed by atoms with Gasteiger partial charge in [0.2, 0.25) is 5.91 Å². The van der Waals surface area contributed by atoms with Gasteiger partial charge in [-0.2, -0.15) is 5.26 Å². The van der Waals surface area contributed by atoms with Gasteiger partial charge in [0.05, 0.1) is 12.1 Å². The highest BCUT2D eigenvalue weighted by molar-refractivity contribution is 7.16. The van der Waals surface area contributed by atoms with Crippen molar-refractivity contribution in [2.24, 2.45) is 5.92 Å². The van der Waals surface area contributed by atoms with Crippen LogP contribution in [0.5, 0.6) is 0 Å². The number of benzene rings is 1. The van der Waals surface area contributed by atoms with Crippen LogP contribution >= 0.6 is 34.5 Å². The second-order valence-electron chi connectivity index (χ2n) is 6.98. The molecule has 4 nitrogen and oxygen atoms in total. The Morgan fingerprint density at radius 1 is 1.44 bits per heavy atom. The van der Waals surface area contributed by atoms with Gasteiger partial charge < -0.3 is 10.6 Å². The molecule has 7 heteroatoms. The molecule has 142 valence electrons. The number of anilines is 1. The number of amides is 1. The summed E-state index contributed by atoms with van der Waals surface area (Å²) in [4.78, 5) is 13.6. The molecule has 27 heavy (non-hydrogen) atoms. The number of carbonyl (C=O) groups is 1. The van der Waals surface area contributed by atoms with Crippen LogP contribution in [0.15, 0.2) is 18.2 Å². The maximum absolute atomic E-state index is 12.4. The molecule has 0 bridgehead atoms. The Hall–Kier alpha value is -1.58. The number of thiophene rings is 1. The van der Waals surface area contributed by atoms with Gasteiger partial charge in [0.25, 0.3) is 0 Å². The predicted octanol–water partition coefficient (Wildman–Crippen LogP) is 5.34. The molecule has 0 spiro atoms. The zero-order valence-corrected chi connectivity index (χ0v) is 17.6. The normalized spacial score (nSPS) is 17.1. The molecular weight excluding hydrogens is 401 g/mol. The highest BCUT2D eigenvalue weighted by atomic mass is 35.5. The summed E-state index contributed by atoms with van der Waals surface area (Å²) in [6, 6.07) is 7.48. The van der Waals surface area contributed by atoms with Gasteiger partial charge in [0, 0.05) is 21.0 Å². The van der Waals surface area contributed by atoms with Crippen molar-refractivity contribution < 1.29 is 4.79 Å². The van der Waals surface area contributed by atoms with E-state index in [-0.39, 0.29) is 18.5 Å². The Labute approximate surface area is 173 Å². The van der Waals surface area contributed by atoms with Crippen LogP contribution in [0.4, 0.5) is 5.00 Å². The van der Waals surface area contributed by atoms with E-state index in [4.69, 9.17) is 23.2 Å². The number of fused-ring (bicyclic) bond motifs is 1. The summed E-state index contributed by atoms with van der Waals surface area (Å²) < 4.78 is 0. The van der Waals surface area contributed by atoms with Crippen molar-refractivity contribution in [3.63, 3.8) is 0 Å². The van der Waals surface area contributed by atoms with Gasteiger partial charge in [-0.25, -0.2) is 0 Å². The molecule has 1 aliphatic rings. The molecule has 1 aromatic heterocycles. The summed E-state index contributed by atoms with van der Waals surface area (Å²) in [5.74, 6) is 0.452. The minimum absolute atomic E-state index is 0.103. The second kappa shape index (κ2) is 8.62. The first kappa shape index (κ1) is 20.2. The Morgan fingerprint density at radius 3 is 2.93 bits per heavy atom. The summed E-state index contributed by atoms with van der Waals surface area (Å²) in [7, 11) is 0. The fourth-order valence-electron chi connectivity index (χ4n) is 3.34. The van der Waals surface area contributed by atoms with E-state index >= 15 is 0 Å². The fraction of sp³-hybridized carbons (Fsp3) is 0.400. The quantitative estimate of drug-likeness (QED) is 0.684. The van der Waals surface area contributed by atoms with Crippen molar-refractivity contribution >= 4 is 45.4 Å². The van der Waals surface area contributed by atoms with Crippen molar-refractivity contribution in [2.45, 2.75) is 39.2 Å². The molecule has 2 atom stereocenters. The highest BCUT2D eigenvalue weighted by Crippen LogP contribution is 2.39. The standard InChI is InChI=1S/C20H21Cl2N3OS/c1-11-3-5-15-16(9-23)20(27-18(15)7-11)25-19(26)10-24-12(2)14-6-4-13(21)8-17(14)22/h4,6,8,11-12,24H,3,5,7,10H2,1-2H3,(H,25,26)/t11-,12+/m0/s1. The van der Waals surface area contributed by atoms with Gasteiger partial charge in [-0.15, -0.1) is 11.3 Å². The lowest BCUT2D eigenvalue weighted by atomic mass is 9.89. The molecule has 2 N–H and O–H groups in total. The number of nitrogens with zero attached hydrogens (tertiary/aromatic N) is 1. The predicted molar refractivity (Wildman–Crippen MR) is 112 cm³/mol. The van der Waals surface area contributed by atoms with E-state index in [2.05, 4.69) is 23.6 Å². The van der Waals surface area contributed by atoms with Gasteiger partial charge >= 0.3 is 0 Å². The summed E-state index contributed by atoms with van der Waals surface area (Å²) in [5.41, 5.74) is 2.63. The lowest BCUT2D eigenvalue weighted by molar-refractivity contribution is -0.115. The highest BCUT2D eigenvalue weighted by Gasteiger charge is 2.24. The van der Waals surface area contributed by atoms with Crippen LogP contribution in [0, 0.1) is 17.2 Å². The zero-order valence-electron chi connectivity index (χ0n) is 15.2. The molecule has 1 amide bonds. The summed E-state index contributed by atoms with van der Waals surface area (Å²) in [6.07, 6.45) is 2.98. The zero-order chi connectivity index (χ0) is 19.6. The maximum Gasteiger partial charge on any atom is 0.238 e. The summed E-state index contributed by atoms with van der Waals surface area (Å²) >= 11 is 13.7. The Balaban J connectivity index is 1.64. The number of carbonyl (C=O) groups excluding carboxylic acids is 1. The largest absolute Gasteiger partial charge is 0.315 e. The molecule has 0 aliphatic heterocycles. The molecule has 0 fully saturated rings. The number of nitriles is 1. The van der Waals surface area contributed by atoms with Crippen LogP contribution in [0.2, 0.25) is 10.0 Å². The molecule has 0 radical (unpaired) electrons. The smallest absolute Gasteiger partial charge is 0.238 e. The van der Waals surface area contributed by atoms with Crippen molar-refractivity contribution in [1.82, 2.24) is 5.32 Å². The topological polar surface area (TPSA) is 64.9 Å². The molecule has 1 aromatic carbocycles. The van der Waals surface area contributed by atoms with Crippen LogP contribution in [0.3, 0.4) is 0 Å². The third-order valence-electron chi connectivity index (χ3n) is 4.87. The van der Waals surface area contributed by atoms with Gasteiger partial charge in [0.15, 0.2) is 0 Å². The van der Waals surface area contributed by atoms with E-state index in [1.54, 1.807) is 12.1 Å². The Bertz CT molecular complexity index is 903. The van der Waals surface area contributed by atoms with Crippen molar-refractivity contribution in [2.75, 3.05) is 11.9 Å². The van der Waals surface area contributed by atoms with E-state index < -0.39 is 0 Å². The van der Waals surface area contributed by atoms with Crippen molar-refractivity contribution in [3.8, 4) is 6.07 Å². The number of hydrogen-bond acceptors (Lipinski definition) is 4. The maximum atomic E-state index is 12.4. The number of nitrogens with one attached hydrogen (secondary N) is 2. The van der Waals surface area contributed by atoms with Crippen molar-refractivity contribution in [3.05, 3.63) is 49.8 Å². The monoisotopic (exact) mass is 421 g/mol. The first-order valence-electron chi connectivity index (χ1n) is 8.91. The first-order valence-corrected chi connectivity index (χ1v) is 10.5. The van der Waals surface area contributed by atoms with E-state index in [1.165, 1.54) is 16.2 Å². The minimum Gasteiger partial charge on any atom is -0.315 e. The average Bonchev–Trinajstić information content (AvgIpc) is 2.95. The SMILES string of the molecule is C[C@H]1CCc2c(sc(NC(=O)CN[C@H](C)c3ccc(Cl)cc3Cl)c2C#N)C1. The average molecular weight is 422 g/mol. The Kier molecular flexibility index (Phi) is 6.44. The van der Waals surface area contributed by atoms with Crippen molar-refractivity contribution in [1.29, 1.82) is 5.26 Å². The lowest BCUT2D eigenvalue weighted by Crippen LogP contribution is -2.30. The van der Waals surface area contributed by atoms with E-state index in [1.807, 2.05) is 13.0 Å². The van der Waals surface area contributed by atoms with Crippen LogP contribution in [-0.4, -0.2) is 12.5 Å². The number of hydrogen-bond donors (Lipinski definition) is 2. The van der Waals surface area contributed by atoms with E-state index in [0.29, 0.717) is 26.5 Å². The number of rotatable bonds is 5. The fourth-order valence-corrected chi connectivity index (χ4v) is 5.29. The van der Waals surface area contributed by atoms with Crippen LogP contribution in [-0.2, 0) is 17.6 Å². The molecular formula is C20H21Cl2N3OS. The molecule has 3 rings (SSSR count). The van der Waals surface area contributed by atoms with Crippen LogP contribution in [0.1, 0.15) is 47.9 Å². The van der Waals surface area contributed by atoms with E-state index in [9.17, 15) is 10.1 Å². The summed E-state index contributed by atoms with van der Waals surface area (Å²) in [5, 5.41) is 17.4. The van der Waals surface area contributed by atoms with Gasteiger partial charge in [-0.3, -0.25) is 4.79 Å². The third kappa shape index (κ3) is 4.64. The number of halogens is 2. The summed E-state index contributed by atoms with van der Waals surface area (Å²) in [6.45, 7) is 4.29. The van der Waals surface area contributed by atoms with E-state index in [0.717, 1.165) is 30.4 Å². The second-order valence-corrected chi connectivity index (χ2v) is 8.93.